The summed E-state index contributed by atoms with van der Waals surface area (Å²) in [5.74, 6) is 0.834. The van der Waals surface area contributed by atoms with Gasteiger partial charge in [-0.05, 0) is 17.3 Å². The highest BCUT2D eigenvalue weighted by Gasteiger charge is 2.31. The van der Waals surface area contributed by atoms with E-state index < -0.39 is 0 Å². The van der Waals surface area contributed by atoms with Crippen molar-refractivity contribution < 1.29 is 9.32 Å². The van der Waals surface area contributed by atoms with E-state index >= 15 is 0 Å². The van der Waals surface area contributed by atoms with Crippen molar-refractivity contribution in [2.24, 2.45) is 0 Å². The molecule has 0 saturated carbocycles. The highest BCUT2D eigenvalue weighted by atomic mass is 16.5. The molecule has 0 spiro atoms. The van der Waals surface area contributed by atoms with E-state index in [1.807, 2.05) is 30.3 Å². The topological polar surface area (TPSA) is 80.1 Å². The van der Waals surface area contributed by atoms with E-state index in [1.165, 1.54) is 0 Å². The Morgan fingerprint density at radius 3 is 2.82 bits per heavy atom. The largest absolute Gasteiger partial charge is 0.344 e. The summed E-state index contributed by atoms with van der Waals surface area (Å²) in [6, 6.07) is 9.42. The van der Waals surface area contributed by atoms with E-state index in [4.69, 9.17) is 4.52 Å². The Morgan fingerprint density at radius 2 is 2.12 bits per heavy atom. The summed E-state index contributed by atoms with van der Waals surface area (Å²) in [4.78, 5) is 14.9. The van der Waals surface area contributed by atoms with E-state index in [0.717, 1.165) is 5.69 Å². The van der Waals surface area contributed by atoms with E-state index in [9.17, 15) is 4.79 Å². The highest BCUT2D eigenvalue weighted by Crippen LogP contribution is 2.23. The van der Waals surface area contributed by atoms with Gasteiger partial charge in [0.25, 0.3) is 11.8 Å². The van der Waals surface area contributed by atoms with Crippen molar-refractivity contribution in [2.75, 3.05) is 5.32 Å². The molecule has 0 bridgehead atoms. The van der Waals surface area contributed by atoms with Crippen molar-refractivity contribution in [1.82, 2.24) is 15.5 Å². The predicted octanol–water partition coefficient (Wildman–Crippen LogP) is 1.37. The lowest BCUT2D eigenvalue weighted by molar-refractivity contribution is -0.128. The number of nitrogens with one attached hydrogen (secondary N) is 2. The molecule has 1 atom stereocenters. The third-order valence-electron chi connectivity index (χ3n) is 2.49. The second kappa shape index (κ2) is 3.89. The molecule has 6 nitrogen and oxygen atoms in total. The highest BCUT2D eigenvalue weighted by molar-refractivity contribution is 5.82. The number of nitrogens with zero attached hydrogens (tertiary/aromatic N) is 2. The Morgan fingerprint density at radius 1 is 1.35 bits per heavy atom. The number of carbonyl (C=O) groups is 1. The molecule has 2 heterocycles. The zero-order chi connectivity index (χ0) is 11.7. The summed E-state index contributed by atoms with van der Waals surface area (Å²) >= 11 is 0. The maximum atomic E-state index is 10.8. The van der Waals surface area contributed by atoms with Crippen molar-refractivity contribution in [1.29, 1.82) is 0 Å². The van der Waals surface area contributed by atoms with Gasteiger partial charge in [-0.3, -0.25) is 4.79 Å². The van der Waals surface area contributed by atoms with Crippen molar-refractivity contribution in [3.8, 4) is 0 Å². The molecule has 1 aromatic carbocycles. The van der Waals surface area contributed by atoms with Gasteiger partial charge in [0.15, 0.2) is 0 Å². The standard InChI is InChI=1S/C11H10N4O2/c16-9-6-8(13-9)10-14-11(15-17-10)12-7-4-2-1-3-5-7/h1-5,8H,6H2,(H,12,15)(H,13,16)/t8-/m0/s1. The minimum atomic E-state index is -0.138. The molecule has 0 aliphatic carbocycles. The number of β-lactam (4-membered cyclic amide) rings is 1. The van der Waals surface area contributed by atoms with Gasteiger partial charge < -0.3 is 15.2 Å². The van der Waals surface area contributed by atoms with Gasteiger partial charge in [-0.15, -0.1) is 0 Å². The van der Waals surface area contributed by atoms with Gasteiger partial charge in [0.05, 0.1) is 6.42 Å². The Labute approximate surface area is 97.0 Å². The molecular formula is C11H10N4O2. The maximum absolute atomic E-state index is 10.8. The van der Waals surface area contributed by atoms with E-state index in [2.05, 4.69) is 20.8 Å². The summed E-state index contributed by atoms with van der Waals surface area (Å²) < 4.78 is 5.05. The monoisotopic (exact) mass is 230 g/mol. The minimum Gasteiger partial charge on any atom is -0.344 e. The number of carbonyl (C=O) groups excluding carboxylic acids is 1. The first kappa shape index (κ1) is 9.83. The molecule has 2 N–H and O–H groups in total. The molecule has 1 aliphatic rings. The smallest absolute Gasteiger partial charge is 0.267 e. The van der Waals surface area contributed by atoms with Crippen LogP contribution in [0.15, 0.2) is 34.9 Å². The maximum Gasteiger partial charge on any atom is 0.267 e. The van der Waals surface area contributed by atoms with Crippen LogP contribution in [-0.2, 0) is 4.79 Å². The molecule has 1 saturated heterocycles. The number of rotatable bonds is 3. The first-order chi connectivity index (χ1) is 8.31. The third-order valence-corrected chi connectivity index (χ3v) is 2.49. The van der Waals surface area contributed by atoms with Crippen LogP contribution in [0, 0.1) is 0 Å². The first-order valence-corrected chi connectivity index (χ1v) is 5.26. The lowest BCUT2D eigenvalue weighted by Crippen LogP contribution is -2.41. The van der Waals surface area contributed by atoms with Gasteiger partial charge in [0.1, 0.15) is 6.04 Å². The molecule has 2 aromatic rings. The normalized spacial score (nSPS) is 18.4. The van der Waals surface area contributed by atoms with Gasteiger partial charge in [0.2, 0.25) is 5.91 Å². The molecule has 1 aliphatic heterocycles. The number of hydrogen-bond donors (Lipinski definition) is 2. The quantitative estimate of drug-likeness (QED) is 0.778. The number of benzene rings is 1. The Balaban J connectivity index is 1.71. The van der Waals surface area contributed by atoms with E-state index in [1.54, 1.807) is 0 Å². The van der Waals surface area contributed by atoms with E-state index in [-0.39, 0.29) is 11.9 Å². The lowest BCUT2D eigenvalue weighted by atomic mass is 10.1. The lowest BCUT2D eigenvalue weighted by Gasteiger charge is -2.22. The number of hydrogen-bond acceptors (Lipinski definition) is 5. The fourth-order valence-electron chi connectivity index (χ4n) is 1.59. The van der Waals surface area contributed by atoms with Gasteiger partial charge in [-0.1, -0.05) is 18.2 Å². The van der Waals surface area contributed by atoms with Crippen molar-refractivity contribution in [3.05, 3.63) is 36.2 Å². The van der Waals surface area contributed by atoms with Gasteiger partial charge in [0, 0.05) is 5.69 Å². The Kier molecular flexibility index (Phi) is 2.25. The molecule has 0 unspecified atom stereocenters. The summed E-state index contributed by atoms with van der Waals surface area (Å²) in [7, 11) is 0. The fourth-order valence-corrected chi connectivity index (χ4v) is 1.59. The summed E-state index contributed by atoms with van der Waals surface area (Å²) in [5, 5.41) is 9.47. The molecule has 1 amide bonds. The second-order valence-corrected chi connectivity index (χ2v) is 3.77. The van der Waals surface area contributed by atoms with Crippen LogP contribution in [0.1, 0.15) is 18.4 Å². The number of para-hydroxylation sites is 1. The zero-order valence-corrected chi connectivity index (χ0v) is 8.88. The van der Waals surface area contributed by atoms with Crippen LogP contribution in [0.4, 0.5) is 11.6 Å². The van der Waals surface area contributed by atoms with Crippen molar-refractivity contribution >= 4 is 17.5 Å². The molecule has 1 aromatic heterocycles. The predicted molar refractivity (Wildman–Crippen MR) is 59.5 cm³/mol. The van der Waals surface area contributed by atoms with Crippen molar-refractivity contribution in [3.63, 3.8) is 0 Å². The zero-order valence-electron chi connectivity index (χ0n) is 8.88. The van der Waals surface area contributed by atoms with Gasteiger partial charge >= 0.3 is 0 Å². The summed E-state index contributed by atoms with van der Waals surface area (Å²) in [6.45, 7) is 0. The van der Waals surface area contributed by atoms with Crippen LogP contribution in [0.2, 0.25) is 0 Å². The average Bonchev–Trinajstić information content (AvgIpc) is 2.74. The fraction of sp³-hybridized carbons (Fsp3) is 0.182. The van der Waals surface area contributed by atoms with Gasteiger partial charge in [-0.2, -0.15) is 4.98 Å². The SMILES string of the molecule is O=C1C[C@@H](c2nc(Nc3ccccc3)no2)N1. The first-order valence-electron chi connectivity index (χ1n) is 5.26. The van der Waals surface area contributed by atoms with Crippen LogP contribution in [0.5, 0.6) is 0 Å². The second-order valence-electron chi connectivity index (χ2n) is 3.77. The van der Waals surface area contributed by atoms with Crippen LogP contribution in [0.3, 0.4) is 0 Å². The molecular weight excluding hydrogens is 220 g/mol. The average molecular weight is 230 g/mol. The molecule has 17 heavy (non-hydrogen) atoms. The van der Waals surface area contributed by atoms with Crippen LogP contribution in [0.25, 0.3) is 0 Å². The van der Waals surface area contributed by atoms with Gasteiger partial charge in [-0.25, -0.2) is 0 Å². The molecule has 3 rings (SSSR count). The molecule has 6 heteroatoms. The molecule has 0 radical (unpaired) electrons. The van der Waals surface area contributed by atoms with E-state index in [0.29, 0.717) is 18.3 Å². The number of aromatic nitrogens is 2. The molecule has 86 valence electrons. The summed E-state index contributed by atoms with van der Waals surface area (Å²) in [5.41, 5.74) is 0.887. The van der Waals surface area contributed by atoms with Crippen LogP contribution < -0.4 is 10.6 Å². The number of anilines is 2. The third kappa shape index (κ3) is 1.96. The van der Waals surface area contributed by atoms with Crippen molar-refractivity contribution in [2.45, 2.75) is 12.5 Å². The Bertz CT molecular complexity index is 529. The Hall–Kier alpha value is -2.37. The number of amides is 1. The van der Waals surface area contributed by atoms with Crippen LogP contribution in [-0.4, -0.2) is 16.0 Å². The van der Waals surface area contributed by atoms with Crippen LogP contribution >= 0.6 is 0 Å². The molecule has 1 fully saturated rings. The minimum absolute atomic E-state index is 0.00534. The summed E-state index contributed by atoms with van der Waals surface area (Å²) in [6.07, 6.45) is 0.410.